The van der Waals surface area contributed by atoms with Gasteiger partial charge in [0.05, 0.1) is 0 Å². The molecule has 3 aromatic rings. The standard InChI is InChI=1S/C17H17FN2/c1-13-11-14-5-2-3-8-17(14)20(13)10-9-19-16-7-4-6-15(18)12-16/h2-8,11-12,19H,9-10H2,1H3. The fourth-order valence-corrected chi connectivity index (χ4v) is 2.56. The van der Waals surface area contributed by atoms with Crippen LogP contribution in [0.15, 0.2) is 54.6 Å². The minimum atomic E-state index is -0.211. The molecule has 3 rings (SSSR count). The number of hydrogen-bond donors (Lipinski definition) is 1. The SMILES string of the molecule is Cc1cc2ccccc2n1CCNc1cccc(F)c1. The van der Waals surface area contributed by atoms with E-state index in [1.165, 1.54) is 28.7 Å². The van der Waals surface area contributed by atoms with E-state index >= 15 is 0 Å². The summed E-state index contributed by atoms with van der Waals surface area (Å²) in [5.41, 5.74) is 3.30. The number of benzene rings is 2. The lowest BCUT2D eigenvalue weighted by Gasteiger charge is -2.10. The van der Waals surface area contributed by atoms with E-state index in [9.17, 15) is 4.39 Å². The third-order valence-electron chi connectivity index (χ3n) is 3.51. The summed E-state index contributed by atoms with van der Waals surface area (Å²) in [5, 5.41) is 4.51. The second-order valence-electron chi connectivity index (χ2n) is 4.93. The Labute approximate surface area is 117 Å². The number of aryl methyl sites for hydroxylation is 1. The predicted molar refractivity (Wildman–Crippen MR) is 81.6 cm³/mol. The van der Waals surface area contributed by atoms with Gasteiger partial charge in [0.15, 0.2) is 0 Å². The highest BCUT2D eigenvalue weighted by atomic mass is 19.1. The molecular weight excluding hydrogens is 251 g/mol. The highest BCUT2D eigenvalue weighted by molar-refractivity contribution is 5.81. The van der Waals surface area contributed by atoms with Gasteiger partial charge in [-0.1, -0.05) is 24.3 Å². The molecule has 1 N–H and O–H groups in total. The van der Waals surface area contributed by atoms with Crippen LogP contribution in [0.4, 0.5) is 10.1 Å². The lowest BCUT2D eigenvalue weighted by atomic mass is 10.2. The van der Waals surface area contributed by atoms with Crippen LogP contribution in [0, 0.1) is 12.7 Å². The van der Waals surface area contributed by atoms with Gasteiger partial charge >= 0.3 is 0 Å². The Morgan fingerprint density at radius 3 is 2.75 bits per heavy atom. The van der Waals surface area contributed by atoms with Gasteiger partial charge in [0.25, 0.3) is 0 Å². The number of aromatic nitrogens is 1. The van der Waals surface area contributed by atoms with Gasteiger partial charge in [0.1, 0.15) is 5.82 Å². The van der Waals surface area contributed by atoms with E-state index in [1.807, 2.05) is 6.07 Å². The van der Waals surface area contributed by atoms with Gasteiger partial charge in [-0.15, -0.1) is 0 Å². The van der Waals surface area contributed by atoms with E-state index in [0.717, 1.165) is 18.8 Å². The number of halogens is 1. The van der Waals surface area contributed by atoms with Gasteiger partial charge in [-0.05, 0) is 42.6 Å². The molecule has 3 heteroatoms. The molecule has 0 spiro atoms. The van der Waals surface area contributed by atoms with Crippen molar-refractivity contribution in [1.82, 2.24) is 4.57 Å². The highest BCUT2D eigenvalue weighted by Crippen LogP contribution is 2.19. The van der Waals surface area contributed by atoms with E-state index in [1.54, 1.807) is 6.07 Å². The van der Waals surface area contributed by atoms with Crippen LogP contribution in [0.1, 0.15) is 5.69 Å². The number of nitrogens with zero attached hydrogens (tertiary/aromatic N) is 1. The quantitative estimate of drug-likeness (QED) is 0.750. The predicted octanol–water partition coefficient (Wildman–Crippen LogP) is 4.20. The molecule has 0 radical (unpaired) electrons. The van der Waals surface area contributed by atoms with Crippen LogP contribution in [0.3, 0.4) is 0 Å². The number of hydrogen-bond acceptors (Lipinski definition) is 1. The lowest BCUT2D eigenvalue weighted by molar-refractivity contribution is 0.628. The van der Waals surface area contributed by atoms with Gasteiger partial charge in [0, 0.05) is 30.0 Å². The van der Waals surface area contributed by atoms with E-state index in [0.29, 0.717) is 0 Å². The Kier molecular flexibility index (Phi) is 3.42. The Bertz CT molecular complexity index is 731. The van der Waals surface area contributed by atoms with Crippen LogP contribution in [-0.4, -0.2) is 11.1 Å². The molecule has 0 bridgehead atoms. The van der Waals surface area contributed by atoms with Gasteiger partial charge in [-0.2, -0.15) is 0 Å². The summed E-state index contributed by atoms with van der Waals surface area (Å²) in [6.45, 7) is 3.74. The Morgan fingerprint density at radius 1 is 1.05 bits per heavy atom. The maximum Gasteiger partial charge on any atom is 0.125 e. The van der Waals surface area contributed by atoms with Crippen LogP contribution in [0.2, 0.25) is 0 Å². The zero-order valence-corrected chi connectivity index (χ0v) is 11.4. The zero-order valence-electron chi connectivity index (χ0n) is 11.4. The molecular formula is C17H17FN2. The first-order valence-corrected chi connectivity index (χ1v) is 6.78. The van der Waals surface area contributed by atoms with Crippen molar-refractivity contribution in [2.45, 2.75) is 13.5 Å². The van der Waals surface area contributed by atoms with Crippen molar-refractivity contribution in [1.29, 1.82) is 0 Å². The normalized spacial score (nSPS) is 10.9. The summed E-state index contributed by atoms with van der Waals surface area (Å²) < 4.78 is 15.4. The van der Waals surface area contributed by atoms with Gasteiger partial charge in [-0.3, -0.25) is 0 Å². The first-order chi connectivity index (χ1) is 9.74. The summed E-state index contributed by atoms with van der Waals surface area (Å²) in [6, 6.07) is 17.1. The summed E-state index contributed by atoms with van der Waals surface area (Å²) in [4.78, 5) is 0. The monoisotopic (exact) mass is 268 g/mol. The molecule has 1 heterocycles. The van der Waals surface area contributed by atoms with Crippen LogP contribution < -0.4 is 5.32 Å². The summed E-state index contributed by atoms with van der Waals surface area (Å²) >= 11 is 0. The molecule has 2 nitrogen and oxygen atoms in total. The fourth-order valence-electron chi connectivity index (χ4n) is 2.56. The van der Waals surface area contributed by atoms with E-state index in [4.69, 9.17) is 0 Å². The molecule has 0 amide bonds. The Balaban J connectivity index is 1.73. The van der Waals surface area contributed by atoms with Crippen molar-refractivity contribution in [3.8, 4) is 0 Å². The summed E-state index contributed by atoms with van der Waals surface area (Å²) in [5.74, 6) is -0.211. The number of para-hydroxylation sites is 1. The summed E-state index contributed by atoms with van der Waals surface area (Å²) in [7, 11) is 0. The van der Waals surface area contributed by atoms with E-state index in [2.05, 4.69) is 47.1 Å². The largest absolute Gasteiger partial charge is 0.383 e. The van der Waals surface area contributed by atoms with Crippen molar-refractivity contribution in [3.05, 3.63) is 66.1 Å². The average Bonchev–Trinajstić information content (AvgIpc) is 2.75. The Morgan fingerprint density at radius 2 is 1.90 bits per heavy atom. The minimum absolute atomic E-state index is 0.211. The fraction of sp³-hybridized carbons (Fsp3) is 0.176. The second kappa shape index (κ2) is 5.37. The van der Waals surface area contributed by atoms with E-state index in [-0.39, 0.29) is 5.82 Å². The average molecular weight is 268 g/mol. The van der Waals surface area contributed by atoms with E-state index < -0.39 is 0 Å². The molecule has 0 saturated heterocycles. The second-order valence-corrected chi connectivity index (χ2v) is 4.93. The molecule has 0 aliphatic carbocycles. The first-order valence-electron chi connectivity index (χ1n) is 6.78. The van der Waals surface area contributed by atoms with Crippen molar-refractivity contribution in [3.63, 3.8) is 0 Å². The molecule has 20 heavy (non-hydrogen) atoms. The Hall–Kier alpha value is -2.29. The third kappa shape index (κ3) is 2.52. The number of fused-ring (bicyclic) bond motifs is 1. The number of anilines is 1. The molecule has 0 unspecified atom stereocenters. The first kappa shape index (κ1) is 12.7. The van der Waals surface area contributed by atoms with Crippen LogP contribution in [-0.2, 0) is 6.54 Å². The van der Waals surface area contributed by atoms with Crippen molar-refractivity contribution < 1.29 is 4.39 Å². The molecule has 1 aromatic heterocycles. The van der Waals surface area contributed by atoms with Crippen LogP contribution in [0.5, 0.6) is 0 Å². The molecule has 0 saturated carbocycles. The molecule has 0 atom stereocenters. The maximum atomic E-state index is 13.1. The highest BCUT2D eigenvalue weighted by Gasteiger charge is 2.04. The topological polar surface area (TPSA) is 17.0 Å². The van der Waals surface area contributed by atoms with Crippen molar-refractivity contribution in [2.75, 3.05) is 11.9 Å². The van der Waals surface area contributed by atoms with Crippen molar-refractivity contribution in [2.24, 2.45) is 0 Å². The lowest BCUT2D eigenvalue weighted by Crippen LogP contribution is -2.11. The minimum Gasteiger partial charge on any atom is -0.383 e. The van der Waals surface area contributed by atoms with Crippen LogP contribution in [0.25, 0.3) is 10.9 Å². The smallest absolute Gasteiger partial charge is 0.125 e. The zero-order chi connectivity index (χ0) is 13.9. The molecule has 0 aliphatic heterocycles. The molecule has 2 aromatic carbocycles. The summed E-state index contributed by atoms with van der Waals surface area (Å²) in [6.07, 6.45) is 0. The van der Waals surface area contributed by atoms with Gasteiger partial charge in [-0.25, -0.2) is 4.39 Å². The van der Waals surface area contributed by atoms with Gasteiger partial charge < -0.3 is 9.88 Å². The molecule has 0 aliphatic rings. The molecule has 102 valence electrons. The third-order valence-corrected chi connectivity index (χ3v) is 3.51. The maximum absolute atomic E-state index is 13.1. The number of nitrogens with one attached hydrogen (secondary N) is 1. The number of rotatable bonds is 4. The van der Waals surface area contributed by atoms with Gasteiger partial charge in [0.2, 0.25) is 0 Å². The van der Waals surface area contributed by atoms with Crippen molar-refractivity contribution >= 4 is 16.6 Å². The molecule has 0 fully saturated rings. The van der Waals surface area contributed by atoms with Crippen LogP contribution >= 0.6 is 0 Å².